The Kier molecular flexibility index (Phi) is 8.33. The molecule has 1 fully saturated rings. The Bertz CT molecular complexity index is 1000. The molecule has 1 N–H and O–H groups in total. The monoisotopic (exact) mass is 495 g/mol. The molecule has 0 spiro atoms. The van der Waals surface area contributed by atoms with E-state index in [0.29, 0.717) is 44.2 Å². The van der Waals surface area contributed by atoms with Gasteiger partial charge in [0, 0.05) is 36.9 Å². The van der Waals surface area contributed by atoms with E-state index in [1.54, 1.807) is 20.8 Å². The highest BCUT2D eigenvalue weighted by atomic mass is 35.5. The number of carbonyl (C=O) groups is 2. The fourth-order valence-corrected chi connectivity index (χ4v) is 5.08. The molecule has 2 aromatic rings. The number of carbonyl (C=O) groups excluding carboxylic acids is 2. The van der Waals surface area contributed by atoms with E-state index in [0.717, 1.165) is 30.1 Å². The van der Waals surface area contributed by atoms with Crippen LogP contribution in [0.15, 0.2) is 24.3 Å². The second-order valence-electron chi connectivity index (χ2n) is 7.09. The van der Waals surface area contributed by atoms with Gasteiger partial charge >= 0.3 is 11.9 Å². The summed E-state index contributed by atoms with van der Waals surface area (Å²) in [7, 11) is 0. The highest BCUT2D eigenvalue weighted by Crippen LogP contribution is 2.34. The van der Waals surface area contributed by atoms with Gasteiger partial charge in [-0.3, -0.25) is 0 Å². The van der Waals surface area contributed by atoms with Gasteiger partial charge in [-0.1, -0.05) is 17.7 Å². The van der Waals surface area contributed by atoms with Crippen LogP contribution >= 0.6 is 35.2 Å². The van der Waals surface area contributed by atoms with Crippen LogP contribution in [0, 0.1) is 6.92 Å². The Balaban J connectivity index is 1.73. The predicted molar refractivity (Wildman–Crippen MR) is 132 cm³/mol. The minimum Gasteiger partial charge on any atom is -0.462 e. The van der Waals surface area contributed by atoms with E-state index in [1.807, 2.05) is 29.2 Å². The molecule has 3 rings (SSSR count). The zero-order chi connectivity index (χ0) is 23.3. The molecule has 10 heteroatoms. The lowest BCUT2D eigenvalue weighted by Gasteiger charge is -2.37. The SMILES string of the molecule is CCOC(=O)c1sc(NC(=S)N2CCN(c3cccc(Cl)c3)CC2)c(C(=O)OCC)c1C. The molecule has 0 radical (unpaired) electrons. The molecular formula is C22H26ClN3O4S2. The van der Waals surface area contributed by atoms with Crippen LogP contribution in [0.5, 0.6) is 0 Å². The smallest absolute Gasteiger partial charge is 0.348 e. The molecular weight excluding hydrogens is 470 g/mol. The van der Waals surface area contributed by atoms with Crippen LogP contribution in [-0.2, 0) is 9.47 Å². The molecule has 0 saturated carbocycles. The number of benzene rings is 1. The van der Waals surface area contributed by atoms with Crippen LogP contribution in [0.25, 0.3) is 0 Å². The standard InChI is InChI=1S/C22H26ClN3O4S2/c1-4-29-20(27)17-14(3)18(21(28)30-5-2)32-19(17)24-22(31)26-11-9-25(10-12-26)16-8-6-7-15(23)13-16/h6-8,13H,4-5,9-12H2,1-3H3,(H,24,31). The Morgan fingerprint density at radius 2 is 1.78 bits per heavy atom. The first-order chi connectivity index (χ1) is 15.3. The van der Waals surface area contributed by atoms with Crippen LogP contribution in [0.2, 0.25) is 5.02 Å². The molecule has 1 aliphatic rings. The predicted octanol–water partition coefficient (Wildman–Crippen LogP) is 4.58. The van der Waals surface area contributed by atoms with Gasteiger partial charge in [0.2, 0.25) is 0 Å². The van der Waals surface area contributed by atoms with E-state index in [4.69, 9.17) is 33.3 Å². The van der Waals surface area contributed by atoms with E-state index in [-0.39, 0.29) is 13.2 Å². The number of piperazine rings is 1. The maximum atomic E-state index is 12.6. The van der Waals surface area contributed by atoms with Crippen molar-refractivity contribution in [3.63, 3.8) is 0 Å². The average molecular weight is 496 g/mol. The molecule has 0 amide bonds. The van der Waals surface area contributed by atoms with E-state index in [1.165, 1.54) is 0 Å². The van der Waals surface area contributed by atoms with Gasteiger partial charge in [-0.15, -0.1) is 11.3 Å². The zero-order valence-electron chi connectivity index (χ0n) is 18.3. The summed E-state index contributed by atoms with van der Waals surface area (Å²) in [4.78, 5) is 29.6. The van der Waals surface area contributed by atoms with Crippen molar-refractivity contribution in [3.8, 4) is 0 Å². The van der Waals surface area contributed by atoms with Gasteiger partial charge in [0.05, 0.1) is 18.8 Å². The molecule has 1 aromatic carbocycles. The van der Waals surface area contributed by atoms with Crippen LogP contribution in [-0.4, -0.2) is 61.3 Å². The Labute approximate surface area is 202 Å². The van der Waals surface area contributed by atoms with Crippen molar-refractivity contribution in [2.24, 2.45) is 0 Å². The summed E-state index contributed by atoms with van der Waals surface area (Å²) in [6.45, 7) is 8.67. The Morgan fingerprint density at radius 3 is 2.41 bits per heavy atom. The third-order valence-corrected chi connectivity index (χ3v) is 6.83. The highest BCUT2D eigenvalue weighted by Gasteiger charge is 2.28. The zero-order valence-corrected chi connectivity index (χ0v) is 20.7. The van der Waals surface area contributed by atoms with Gasteiger partial charge in [0.15, 0.2) is 5.11 Å². The summed E-state index contributed by atoms with van der Waals surface area (Å²) in [6, 6.07) is 7.78. The number of thiophene rings is 1. The van der Waals surface area contributed by atoms with E-state index in [2.05, 4.69) is 10.2 Å². The van der Waals surface area contributed by atoms with E-state index >= 15 is 0 Å². The first kappa shape index (κ1) is 24.3. The average Bonchev–Trinajstić information content (AvgIpc) is 3.10. The number of halogens is 1. The highest BCUT2D eigenvalue weighted by molar-refractivity contribution is 7.80. The third kappa shape index (κ3) is 5.51. The molecule has 0 bridgehead atoms. The number of anilines is 2. The summed E-state index contributed by atoms with van der Waals surface area (Å²) >= 11 is 12.9. The molecule has 0 unspecified atom stereocenters. The van der Waals surface area contributed by atoms with Crippen LogP contribution in [0.4, 0.5) is 10.7 Å². The largest absolute Gasteiger partial charge is 0.462 e. The summed E-state index contributed by atoms with van der Waals surface area (Å²) in [5, 5.41) is 4.87. The first-order valence-corrected chi connectivity index (χ1v) is 12.0. The Morgan fingerprint density at radius 1 is 1.12 bits per heavy atom. The topological polar surface area (TPSA) is 71.1 Å². The molecule has 7 nitrogen and oxygen atoms in total. The number of esters is 2. The lowest BCUT2D eigenvalue weighted by atomic mass is 10.1. The maximum Gasteiger partial charge on any atom is 0.348 e. The number of nitrogens with one attached hydrogen (secondary N) is 1. The number of nitrogens with zero attached hydrogens (tertiary/aromatic N) is 2. The van der Waals surface area contributed by atoms with Crippen molar-refractivity contribution in [1.29, 1.82) is 0 Å². The molecule has 1 saturated heterocycles. The number of hydrogen-bond acceptors (Lipinski definition) is 7. The van der Waals surface area contributed by atoms with Crippen molar-refractivity contribution < 1.29 is 19.1 Å². The summed E-state index contributed by atoms with van der Waals surface area (Å²) in [5.74, 6) is -0.956. The summed E-state index contributed by atoms with van der Waals surface area (Å²) < 4.78 is 10.3. The molecule has 1 aliphatic heterocycles. The quantitative estimate of drug-likeness (QED) is 0.461. The fourth-order valence-electron chi connectivity index (χ4n) is 3.46. The number of rotatable bonds is 6. The fraction of sp³-hybridized carbons (Fsp3) is 0.409. The molecule has 0 atom stereocenters. The van der Waals surface area contributed by atoms with Gasteiger partial charge in [0.25, 0.3) is 0 Å². The molecule has 32 heavy (non-hydrogen) atoms. The van der Waals surface area contributed by atoms with Gasteiger partial charge < -0.3 is 24.6 Å². The normalized spacial score (nSPS) is 13.6. The minimum absolute atomic E-state index is 0.234. The minimum atomic E-state index is -0.493. The third-order valence-electron chi connectivity index (χ3n) is 5.05. The van der Waals surface area contributed by atoms with Gasteiger partial charge in [0.1, 0.15) is 9.88 Å². The van der Waals surface area contributed by atoms with Crippen molar-refractivity contribution in [2.75, 3.05) is 49.6 Å². The van der Waals surface area contributed by atoms with Crippen molar-refractivity contribution in [2.45, 2.75) is 20.8 Å². The Hall–Kier alpha value is -2.36. The maximum absolute atomic E-state index is 12.6. The molecule has 1 aromatic heterocycles. The van der Waals surface area contributed by atoms with Crippen LogP contribution < -0.4 is 10.2 Å². The van der Waals surface area contributed by atoms with E-state index in [9.17, 15) is 9.59 Å². The second kappa shape index (κ2) is 11.0. The van der Waals surface area contributed by atoms with Gasteiger partial charge in [-0.25, -0.2) is 9.59 Å². The van der Waals surface area contributed by atoms with Crippen LogP contribution in [0.3, 0.4) is 0 Å². The first-order valence-electron chi connectivity index (χ1n) is 10.4. The van der Waals surface area contributed by atoms with Crippen LogP contribution in [0.1, 0.15) is 39.4 Å². The van der Waals surface area contributed by atoms with Gasteiger partial charge in [-0.05, 0) is 56.8 Å². The second-order valence-corrected chi connectivity index (χ2v) is 8.93. The van der Waals surface area contributed by atoms with Crippen molar-refractivity contribution >= 4 is 62.9 Å². The molecule has 0 aliphatic carbocycles. The number of hydrogen-bond donors (Lipinski definition) is 1. The number of thiocarbonyl (C=S) groups is 1. The van der Waals surface area contributed by atoms with E-state index < -0.39 is 11.9 Å². The lowest BCUT2D eigenvalue weighted by Crippen LogP contribution is -2.50. The van der Waals surface area contributed by atoms with Gasteiger partial charge in [-0.2, -0.15) is 0 Å². The summed E-state index contributed by atoms with van der Waals surface area (Å²) in [5.41, 5.74) is 1.93. The van der Waals surface area contributed by atoms with Crippen molar-refractivity contribution in [1.82, 2.24) is 4.90 Å². The number of ether oxygens (including phenoxy) is 2. The lowest BCUT2D eigenvalue weighted by molar-refractivity contribution is 0.0527. The van der Waals surface area contributed by atoms with Crippen molar-refractivity contribution in [3.05, 3.63) is 45.3 Å². The summed E-state index contributed by atoms with van der Waals surface area (Å²) in [6.07, 6.45) is 0. The molecule has 172 valence electrons. The molecule has 2 heterocycles.